The third-order valence-electron chi connectivity index (χ3n) is 2.31. The van der Waals surface area contributed by atoms with E-state index in [9.17, 15) is 9.59 Å². The molecule has 0 spiro atoms. The van der Waals surface area contributed by atoms with Gasteiger partial charge in [-0.25, -0.2) is 0 Å². The summed E-state index contributed by atoms with van der Waals surface area (Å²) in [5, 5.41) is 0. The van der Waals surface area contributed by atoms with Gasteiger partial charge in [0.15, 0.2) is 12.4 Å². The average Bonchev–Trinajstić information content (AvgIpc) is 2.51. The van der Waals surface area contributed by atoms with Crippen molar-refractivity contribution in [2.24, 2.45) is 5.92 Å². The van der Waals surface area contributed by atoms with Gasteiger partial charge in [-0.2, -0.15) is 0 Å². The van der Waals surface area contributed by atoms with Gasteiger partial charge in [0.1, 0.15) is 5.92 Å². The van der Waals surface area contributed by atoms with Crippen molar-refractivity contribution in [3.8, 4) is 0 Å². The van der Waals surface area contributed by atoms with Crippen LogP contribution >= 0.6 is 0 Å². The summed E-state index contributed by atoms with van der Waals surface area (Å²) in [4.78, 5) is 22.4. The van der Waals surface area contributed by atoms with Gasteiger partial charge < -0.3 is 4.74 Å². The van der Waals surface area contributed by atoms with Crippen molar-refractivity contribution in [1.82, 2.24) is 0 Å². The Bertz CT molecular complexity index is 340. The Balaban J connectivity index is 2.11. The predicted molar refractivity (Wildman–Crippen MR) is 49.6 cm³/mol. The normalized spacial score (nSPS) is 21.0. The number of rotatable bonds is 2. The molecular formula is C11H10O3. The largest absolute Gasteiger partial charge is 0.457 e. The average molecular weight is 190 g/mol. The second-order valence-corrected chi connectivity index (χ2v) is 3.32. The number of ketones is 1. The molecule has 1 aliphatic rings. The molecule has 0 N–H and O–H groups in total. The summed E-state index contributed by atoms with van der Waals surface area (Å²) in [6.07, 6.45) is 0.457. The summed E-state index contributed by atoms with van der Waals surface area (Å²) in [5.74, 6) is -1.09. The molecule has 0 aliphatic carbocycles. The lowest BCUT2D eigenvalue weighted by Gasteiger charge is -2.03. The molecule has 0 radical (unpaired) electrons. The van der Waals surface area contributed by atoms with Crippen LogP contribution in [-0.4, -0.2) is 18.4 Å². The molecule has 1 fully saturated rings. The molecule has 1 aliphatic heterocycles. The van der Waals surface area contributed by atoms with E-state index in [1.165, 1.54) is 0 Å². The molecule has 3 heteroatoms. The summed E-state index contributed by atoms with van der Waals surface area (Å²) < 4.78 is 4.66. The van der Waals surface area contributed by atoms with E-state index in [0.29, 0.717) is 6.42 Å². The van der Waals surface area contributed by atoms with Crippen LogP contribution in [0.4, 0.5) is 0 Å². The number of esters is 1. The molecule has 1 aromatic rings. The molecule has 2 rings (SSSR count). The van der Waals surface area contributed by atoms with Crippen LogP contribution in [0, 0.1) is 5.92 Å². The van der Waals surface area contributed by atoms with E-state index in [0.717, 1.165) is 5.56 Å². The number of hydrogen-bond donors (Lipinski definition) is 0. The first-order chi connectivity index (χ1) is 6.77. The maximum atomic E-state index is 11.2. The fourth-order valence-electron chi connectivity index (χ4n) is 1.52. The fraction of sp³-hybridized carbons (Fsp3) is 0.273. The lowest BCUT2D eigenvalue weighted by molar-refractivity contribution is -0.141. The van der Waals surface area contributed by atoms with E-state index in [4.69, 9.17) is 0 Å². The second-order valence-electron chi connectivity index (χ2n) is 3.32. The molecule has 1 atom stereocenters. The van der Waals surface area contributed by atoms with Gasteiger partial charge in [0.05, 0.1) is 0 Å². The van der Waals surface area contributed by atoms with Gasteiger partial charge in [-0.1, -0.05) is 30.3 Å². The van der Waals surface area contributed by atoms with Crippen molar-refractivity contribution in [2.45, 2.75) is 6.42 Å². The molecule has 0 unspecified atom stereocenters. The highest BCUT2D eigenvalue weighted by Crippen LogP contribution is 2.16. The molecule has 1 saturated heterocycles. The van der Waals surface area contributed by atoms with E-state index < -0.39 is 5.92 Å². The van der Waals surface area contributed by atoms with Gasteiger partial charge in [-0.05, 0) is 12.0 Å². The monoisotopic (exact) mass is 190 g/mol. The number of carbonyl (C=O) groups is 2. The summed E-state index contributed by atoms with van der Waals surface area (Å²) >= 11 is 0. The predicted octanol–water partition coefficient (Wildman–Crippen LogP) is 0.971. The van der Waals surface area contributed by atoms with Gasteiger partial charge in [0.2, 0.25) is 0 Å². The molecule has 3 nitrogen and oxygen atoms in total. The van der Waals surface area contributed by atoms with Crippen LogP contribution < -0.4 is 0 Å². The zero-order valence-electron chi connectivity index (χ0n) is 7.60. The molecular weight excluding hydrogens is 180 g/mol. The van der Waals surface area contributed by atoms with Crippen molar-refractivity contribution in [2.75, 3.05) is 6.61 Å². The first-order valence-corrected chi connectivity index (χ1v) is 4.50. The van der Waals surface area contributed by atoms with Gasteiger partial charge in [-0.3, -0.25) is 9.59 Å². The van der Waals surface area contributed by atoms with Crippen LogP contribution in [0.2, 0.25) is 0 Å². The number of ether oxygens (including phenoxy) is 1. The smallest absolute Gasteiger partial charge is 0.317 e. The highest BCUT2D eigenvalue weighted by Gasteiger charge is 2.34. The molecule has 0 saturated carbocycles. The van der Waals surface area contributed by atoms with E-state index in [2.05, 4.69) is 4.74 Å². The fourth-order valence-corrected chi connectivity index (χ4v) is 1.52. The zero-order chi connectivity index (χ0) is 9.97. The van der Waals surface area contributed by atoms with Gasteiger partial charge in [-0.15, -0.1) is 0 Å². The summed E-state index contributed by atoms with van der Waals surface area (Å²) in [6.45, 7) is -0.0592. The Labute approximate surface area is 81.7 Å². The highest BCUT2D eigenvalue weighted by molar-refractivity contribution is 6.04. The molecule has 72 valence electrons. The quantitative estimate of drug-likeness (QED) is 0.515. The van der Waals surface area contributed by atoms with Crippen molar-refractivity contribution >= 4 is 11.8 Å². The molecule has 1 heterocycles. The van der Waals surface area contributed by atoms with Crippen LogP contribution in [-0.2, 0) is 20.7 Å². The number of carbonyl (C=O) groups excluding carboxylic acids is 2. The van der Waals surface area contributed by atoms with E-state index >= 15 is 0 Å². The topological polar surface area (TPSA) is 43.4 Å². The minimum absolute atomic E-state index is 0.0592. The van der Waals surface area contributed by atoms with Gasteiger partial charge in [0, 0.05) is 0 Å². The van der Waals surface area contributed by atoms with Crippen LogP contribution in [0.5, 0.6) is 0 Å². The van der Waals surface area contributed by atoms with Crippen LogP contribution in [0.15, 0.2) is 30.3 Å². The summed E-state index contributed by atoms with van der Waals surface area (Å²) in [6, 6.07) is 9.48. The Morgan fingerprint density at radius 3 is 2.50 bits per heavy atom. The van der Waals surface area contributed by atoms with Crippen molar-refractivity contribution in [1.29, 1.82) is 0 Å². The minimum atomic E-state index is -0.586. The Kier molecular flexibility index (Phi) is 2.31. The maximum absolute atomic E-state index is 11.2. The first-order valence-electron chi connectivity index (χ1n) is 4.50. The second kappa shape index (κ2) is 3.62. The molecule has 0 aromatic heterocycles. The van der Waals surface area contributed by atoms with Crippen molar-refractivity contribution in [3.05, 3.63) is 35.9 Å². The number of benzene rings is 1. The van der Waals surface area contributed by atoms with E-state index in [-0.39, 0.29) is 18.4 Å². The molecule has 0 amide bonds. The number of cyclic esters (lactones) is 1. The first kappa shape index (κ1) is 8.94. The summed E-state index contributed by atoms with van der Waals surface area (Å²) in [7, 11) is 0. The molecule has 1 aromatic carbocycles. The van der Waals surface area contributed by atoms with Crippen molar-refractivity contribution in [3.63, 3.8) is 0 Å². The highest BCUT2D eigenvalue weighted by atomic mass is 16.5. The third-order valence-corrected chi connectivity index (χ3v) is 2.31. The third kappa shape index (κ3) is 1.66. The van der Waals surface area contributed by atoms with Crippen molar-refractivity contribution < 1.29 is 14.3 Å². The van der Waals surface area contributed by atoms with Crippen LogP contribution in [0.25, 0.3) is 0 Å². The molecule has 14 heavy (non-hydrogen) atoms. The number of hydrogen-bond acceptors (Lipinski definition) is 3. The zero-order valence-corrected chi connectivity index (χ0v) is 7.60. The Morgan fingerprint density at radius 1 is 1.21 bits per heavy atom. The lowest BCUT2D eigenvalue weighted by Crippen LogP contribution is -2.17. The number of Topliss-reactive ketones (excluding diaryl/α,β-unsaturated/α-hetero) is 1. The van der Waals surface area contributed by atoms with Gasteiger partial charge >= 0.3 is 5.97 Å². The Hall–Kier alpha value is -1.64. The van der Waals surface area contributed by atoms with Gasteiger partial charge in [0.25, 0.3) is 0 Å². The Morgan fingerprint density at radius 2 is 1.93 bits per heavy atom. The summed E-state index contributed by atoms with van der Waals surface area (Å²) in [5.41, 5.74) is 0.990. The lowest BCUT2D eigenvalue weighted by atomic mass is 9.97. The standard InChI is InChI=1S/C11H10O3/c12-10-7-14-11(13)9(10)6-8-4-2-1-3-5-8/h1-5,9H,6-7H2/t9-/m1/s1. The minimum Gasteiger partial charge on any atom is -0.457 e. The van der Waals surface area contributed by atoms with E-state index in [1.807, 2.05) is 30.3 Å². The van der Waals surface area contributed by atoms with E-state index in [1.54, 1.807) is 0 Å². The molecule has 0 bridgehead atoms. The van der Waals surface area contributed by atoms with Crippen LogP contribution in [0.1, 0.15) is 5.56 Å². The SMILES string of the molecule is O=C1COC(=O)[C@@H]1Cc1ccccc1. The maximum Gasteiger partial charge on any atom is 0.317 e. The van der Waals surface area contributed by atoms with Crippen LogP contribution in [0.3, 0.4) is 0 Å².